The highest BCUT2D eigenvalue weighted by Gasteiger charge is 2.27. The fraction of sp³-hybridized carbons (Fsp3) is 0.238. The van der Waals surface area contributed by atoms with Crippen molar-refractivity contribution in [3.8, 4) is 11.5 Å². The van der Waals surface area contributed by atoms with Crippen LogP contribution in [0.2, 0.25) is 5.02 Å². The Labute approximate surface area is 178 Å². The number of benzene rings is 2. The van der Waals surface area contributed by atoms with Crippen LogP contribution in [0.25, 0.3) is 0 Å². The zero-order chi connectivity index (χ0) is 20.4. The molecule has 8 heteroatoms. The third-order valence-corrected chi connectivity index (χ3v) is 5.68. The summed E-state index contributed by atoms with van der Waals surface area (Å²) in [6.07, 6.45) is 0. The summed E-state index contributed by atoms with van der Waals surface area (Å²) in [5.41, 5.74) is 2.15. The molecule has 1 aliphatic rings. The molecule has 2 N–H and O–H groups in total. The highest BCUT2D eigenvalue weighted by atomic mass is 35.5. The van der Waals surface area contributed by atoms with Gasteiger partial charge in [0.1, 0.15) is 22.5 Å². The van der Waals surface area contributed by atoms with Gasteiger partial charge in [-0.1, -0.05) is 29.8 Å². The Bertz CT molecular complexity index is 1040. The lowest BCUT2D eigenvalue weighted by Gasteiger charge is -2.16. The molecule has 0 saturated carbocycles. The van der Waals surface area contributed by atoms with E-state index in [9.17, 15) is 4.79 Å². The van der Waals surface area contributed by atoms with Crippen molar-refractivity contribution >= 4 is 34.5 Å². The van der Waals surface area contributed by atoms with E-state index >= 15 is 0 Å². The van der Waals surface area contributed by atoms with E-state index in [0.717, 1.165) is 28.6 Å². The van der Waals surface area contributed by atoms with Crippen molar-refractivity contribution < 1.29 is 9.53 Å². The van der Waals surface area contributed by atoms with Crippen LogP contribution in [0.5, 0.6) is 11.5 Å². The lowest BCUT2D eigenvalue weighted by atomic mass is 10.1. The Morgan fingerprint density at radius 2 is 2.10 bits per heavy atom. The first-order valence-corrected chi connectivity index (χ1v) is 10.5. The number of hydrogen-bond acceptors (Lipinski definition) is 6. The van der Waals surface area contributed by atoms with Crippen molar-refractivity contribution in [3.63, 3.8) is 0 Å². The van der Waals surface area contributed by atoms with E-state index in [1.165, 1.54) is 11.3 Å². The molecule has 2 aromatic carbocycles. The molecule has 0 bridgehead atoms. The molecule has 0 aliphatic carbocycles. The van der Waals surface area contributed by atoms with Crippen molar-refractivity contribution in [2.75, 3.05) is 32.5 Å². The second kappa shape index (κ2) is 8.41. The van der Waals surface area contributed by atoms with Gasteiger partial charge in [0.15, 0.2) is 5.75 Å². The maximum absolute atomic E-state index is 12.4. The first-order valence-electron chi connectivity index (χ1n) is 9.22. The molecule has 1 aliphatic heterocycles. The number of hydrogen-bond donors (Lipinski definition) is 2. The van der Waals surface area contributed by atoms with Gasteiger partial charge in [0, 0.05) is 29.1 Å². The molecule has 1 unspecified atom stereocenters. The summed E-state index contributed by atoms with van der Waals surface area (Å²) in [6, 6.07) is 13.0. The minimum Gasteiger partial charge on any atom is -0.455 e. The van der Waals surface area contributed by atoms with Crippen LogP contribution in [-0.2, 0) is 0 Å². The number of carbonyl (C=O) groups is 1. The van der Waals surface area contributed by atoms with Crippen LogP contribution in [0.1, 0.15) is 27.1 Å². The molecule has 1 amide bonds. The Kier molecular flexibility index (Phi) is 5.71. The molecule has 0 spiro atoms. The third kappa shape index (κ3) is 4.37. The number of carbonyl (C=O) groups excluding carboxylic acids is 1. The number of ether oxygens (including phenoxy) is 1. The Morgan fingerprint density at radius 3 is 2.93 bits per heavy atom. The normalized spacial score (nSPS) is 15.0. The fourth-order valence-electron chi connectivity index (χ4n) is 3.07. The van der Waals surface area contributed by atoms with Crippen LogP contribution in [0.4, 0.5) is 5.69 Å². The predicted molar refractivity (Wildman–Crippen MR) is 116 cm³/mol. The highest BCUT2D eigenvalue weighted by Crippen LogP contribution is 2.43. The first kappa shape index (κ1) is 19.7. The summed E-state index contributed by atoms with van der Waals surface area (Å²) in [4.78, 5) is 19.1. The van der Waals surface area contributed by atoms with Gasteiger partial charge in [0.25, 0.3) is 5.91 Å². The molecule has 150 valence electrons. The fourth-order valence-corrected chi connectivity index (χ4v) is 4.11. The molecule has 1 atom stereocenters. The lowest BCUT2D eigenvalue weighted by molar-refractivity contribution is 0.0946. The van der Waals surface area contributed by atoms with E-state index in [1.807, 2.05) is 55.4 Å². The number of likely N-dealkylation sites (N-methyl/N-ethyl adjacent to an activating group) is 1. The smallest absolute Gasteiger partial charge is 0.270 e. The van der Waals surface area contributed by atoms with Crippen molar-refractivity contribution in [1.29, 1.82) is 0 Å². The van der Waals surface area contributed by atoms with Gasteiger partial charge >= 0.3 is 0 Å². The predicted octanol–water partition coefficient (Wildman–Crippen LogP) is 4.40. The number of fused-ring (bicyclic) bond motifs is 2. The number of para-hydroxylation sites is 1. The zero-order valence-electron chi connectivity index (χ0n) is 16.1. The quantitative estimate of drug-likeness (QED) is 0.630. The SMILES string of the molecule is CN(C)CCNC(=O)c1csc(C2Nc3cc(Cl)ccc3Oc3ccccc32)n1. The van der Waals surface area contributed by atoms with Gasteiger partial charge in [0.05, 0.1) is 5.69 Å². The third-order valence-electron chi connectivity index (χ3n) is 4.54. The van der Waals surface area contributed by atoms with Gasteiger partial charge in [-0.25, -0.2) is 4.98 Å². The average Bonchev–Trinajstić information content (AvgIpc) is 3.12. The minimum atomic E-state index is -0.251. The van der Waals surface area contributed by atoms with Crippen molar-refractivity contribution in [3.05, 3.63) is 69.1 Å². The molecule has 6 nitrogen and oxygen atoms in total. The summed E-state index contributed by atoms with van der Waals surface area (Å²) in [7, 11) is 3.93. The largest absolute Gasteiger partial charge is 0.455 e. The Hall–Kier alpha value is -2.61. The van der Waals surface area contributed by atoms with E-state index in [1.54, 1.807) is 11.4 Å². The summed E-state index contributed by atoms with van der Waals surface area (Å²) >= 11 is 7.63. The number of rotatable bonds is 5. The summed E-state index contributed by atoms with van der Waals surface area (Å²) in [5, 5.41) is 9.57. The monoisotopic (exact) mass is 428 g/mol. The molecule has 0 saturated heterocycles. The van der Waals surface area contributed by atoms with Gasteiger partial charge in [0.2, 0.25) is 0 Å². The molecule has 0 radical (unpaired) electrons. The van der Waals surface area contributed by atoms with E-state index in [0.29, 0.717) is 23.0 Å². The minimum absolute atomic E-state index is 0.170. The molecule has 0 fully saturated rings. The first-order chi connectivity index (χ1) is 14.0. The maximum atomic E-state index is 12.4. The Balaban J connectivity index is 1.63. The summed E-state index contributed by atoms with van der Waals surface area (Å²) in [5.74, 6) is 1.27. The number of amides is 1. The Morgan fingerprint density at radius 1 is 1.28 bits per heavy atom. The van der Waals surface area contributed by atoms with Crippen LogP contribution < -0.4 is 15.4 Å². The standard InChI is InChI=1S/C21H21ClN4O2S/c1-26(2)10-9-23-20(27)16-12-29-21(25-16)19-14-5-3-4-6-17(14)28-18-8-7-13(22)11-15(18)24-19/h3-8,11-12,19,24H,9-10H2,1-2H3,(H,23,27). The highest BCUT2D eigenvalue weighted by molar-refractivity contribution is 7.10. The molecular weight excluding hydrogens is 408 g/mol. The van der Waals surface area contributed by atoms with Gasteiger partial charge in [-0.05, 0) is 38.4 Å². The second-order valence-electron chi connectivity index (χ2n) is 6.99. The van der Waals surface area contributed by atoms with E-state index < -0.39 is 0 Å². The summed E-state index contributed by atoms with van der Waals surface area (Å²) in [6.45, 7) is 1.35. The molecule has 3 aromatic rings. The summed E-state index contributed by atoms with van der Waals surface area (Å²) < 4.78 is 6.11. The molecule has 1 aromatic heterocycles. The van der Waals surface area contributed by atoms with Crippen LogP contribution in [-0.4, -0.2) is 43.0 Å². The van der Waals surface area contributed by atoms with Crippen molar-refractivity contribution in [1.82, 2.24) is 15.2 Å². The van der Waals surface area contributed by atoms with Gasteiger partial charge in [-0.3, -0.25) is 4.79 Å². The number of nitrogens with zero attached hydrogens (tertiary/aromatic N) is 2. The topological polar surface area (TPSA) is 66.5 Å². The maximum Gasteiger partial charge on any atom is 0.270 e. The van der Waals surface area contributed by atoms with E-state index in [4.69, 9.17) is 16.3 Å². The second-order valence-corrected chi connectivity index (χ2v) is 8.31. The van der Waals surface area contributed by atoms with Gasteiger partial charge < -0.3 is 20.3 Å². The number of nitrogens with one attached hydrogen (secondary N) is 2. The van der Waals surface area contributed by atoms with Gasteiger partial charge in [-0.2, -0.15) is 0 Å². The van der Waals surface area contributed by atoms with Gasteiger partial charge in [-0.15, -0.1) is 11.3 Å². The van der Waals surface area contributed by atoms with Crippen LogP contribution in [0, 0.1) is 0 Å². The number of aromatic nitrogens is 1. The molecule has 29 heavy (non-hydrogen) atoms. The van der Waals surface area contributed by atoms with Crippen molar-refractivity contribution in [2.45, 2.75) is 6.04 Å². The van der Waals surface area contributed by atoms with Crippen LogP contribution in [0.15, 0.2) is 47.8 Å². The zero-order valence-corrected chi connectivity index (χ0v) is 17.7. The lowest BCUT2D eigenvalue weighted by Crippen LogP contribution is -2.31. The van der Waals surface area contributed by atoms with E-state index in [2.05, 4.69) is 15.6 Å². The van der Waals surface area contributed by atoms with Crippen LogP contribution in [0.3, 0.4) is 0 Å². The van der Waals surface area contributed by atoms with E-state index in [-0.39, 0.29) is 11.9 Å². The van der Waals surface area contributed by atoms with Crippen LogP contribution >= 0.6 is 22.9 Å². The number of halogens is 1. The van der Waals surface area contributed by atoms with Crippen molar-refractivity contribution in [2.24, 2.45) is 0 Å². The molecular formula is C21H21ClN4O2S. The average molecular weight is 429 g/mol. The molecule has 4 rings (SSSR count). The number of thiazole rings is 1. The number of anilines is 1. The molecule has 2 heterocycles.